The lowest BCUT2D eigenvalue weighted by Gasteiger charge is -2.64. The van der Waals surface area contributed by atoms with Gasteiger partial charge in [-0.1, -0.05) is 50.9 Å². The van der Waals surface area contributed by atoms with Crippen LogP contribution in [0.25, 0.3) is 0 Å². The number of amides is 1. The molecule has 3 saturated carbocycles. The minimum atomic E-state index is -0.473. The first-order valence-electron chi connectivity index (χ1n) is 12.0. The topological polar surface area (TPSA) is 64.6 Å². The van der Waals surface area contributed by atoms with Crippen LogP contribution in [0.3, 0.4) is 0 Å². The van der Waals surface area contributed by atoms with Gasteiger partial charge in [-0.25, -0.2) is 0 Å². The van der Waals surface area contributed by atoms with E-state index >= 15 is 0 Å². The summed E-state index contributed by atoms with van der Waals surface area (Å²) < 4.78 is 13.0. The van der Waals surface area contributed by atoms with Gasteiger partial charge in [-0.3, -0.25) is 9.59 Å². The smallest absolute Gasteiger partial charge is 0.404 e. The van der Waals surface area contributed by atoms with Crippen LogP contribution < -0.4 is 5.32 Å². The molecule has 1 heterocycles. The Kier molecular flexibility index (Phi) is 6.96. The van der Waals surface area contributed by atoms with Crippen LogP contribution >= 0.6 is 23.2 Å². The molecule has 180 valence electrons. The predicted molar refractivity (Wildman–Crippen MR) is 132 cm³/mol. The minimum absolute atomic E-state index is 0.0605. The molecule has 1 amide bonds. The largest absolute Gasteiger partial charge is 0.481 e. The van der Waals surface area contributed by atoms with Crippen LogP contribution in [0.2, 0.25) is 10.0 Å². The summed E-state index contributed by atoms with van der Waals surface area (Å²) in [5.74, 6) is 0.843. The van der Waals surface area contributed by atoms with Gasteiger partial charge in [0.25, 0.3) is 0 Å². The standard InChI is InChI=1S/C25H34BCl2NO4/c1-14(2)10-22(26-32-21-12-15-11-20(24(15,3)4)25(21,5)33-26)29-23(31)9-8-19(30)17-13-16(27)6-7-18(17)28/h6-7,13-15,20-22H,8-12H2,1-5H3,(H,29,31)/t15-,20-,21+,22-,25-/m0/s1. The van der Waals surface area contributed by atoms with Gasteiger partial charge >= 0.3 is 7.12 Å². The predicted octanol–water partition coefficient (Wildman–Crippen LogP) is 5.75. The Labute approximate surface area is 207 Å². The second-order valence-corrected chi connectivity index (χ2v) is 12.0. The minimum Gasteiger partial charge on any atom is -0.404 e. The van der Waals surface area contributed by atoms with Crippen molar-refractivity contribution >= 4 is 42.0 Å². The molecule has 4 aliphatic rings. The van der Waals surface area contributed by atoms with Crippen LogP contribution in [0, 0.1) is 23.2 Å². The maximum absolute atomic E-state index is 12.8. The molecule has 8 heteroatoms. The van der Waals surface area contributed by atoms with Crippen molar-refractivity contribution in [3.63, 3.8) is 0 Å². The van der Waals surface area contributed by atoms with Crippen molar-refractivity contribution in [2.24, 2.45) is 23.2 Å². The number of carbonyl (C=O) groups is 2. The van der Waals surface area contributed by atoms with Crippen molar-refractivity contribution in [1.82, 2.24) is 5.32 Å². The summed E-state index contributed by atoms with van der Waals surface area (Å²) in [7, 11) is -0.473. The Balaban J connectivity index is 1.39. The summed E-state index contributed by atoms with van der Waals surface area (Å²) in [6.07, 6.45) is 3.13. The van der Waals surface area contributed by atoms with Gasteiger partial charge in [-0.05, 0) is 67.6 Å². The molecule has 5 rings (SSSR count). The summed E-state index contributed by atoms with van der Waals surface area (Å²) in [5, 5.41) is 3.88. The fourth-order valence-electron chi connectivity index (χ4n) is 6.17. The molecule has 1 aliphatic heterocycles. The van der Waals surface area contributed by atoms with Crippen LogP contribution in [0.1, 0.15) is 77.1 Å². The van der Waals surface area contributed by atoms with E-state index in [9.17, 15) is 9.59 Å². The van der Waals surface area contributed by atoms with Gasteiger partial charge in [0, 0.05) is 23.4 Å². The summed E-state index contributed by atoms with van der Waals surface area (Å²) in [6, 6.07) is 4.77. The number of carbonyl (C=O) groups excluding carboxylic acids is 2. The lowest BCUT2D eigenvalue weighted by molar-refractivity contribution is -0.199. The van der Waals surface area contributed by atoms with E-state index in [-0.39, 0.29) is 47.6 Å². The molecule has 1 aromatic rings. The maximum Gasteiger partial charge on any atom is 0.481 e. The molecule has 1 N–H and O–H groups in total. The third-order valence-electron chi connectivity index (χ3n) is 8.18. The Hall–Kier alpha value is -1.08. The average Bonchev–Trinajstić information content (AvgIpc) is 3.10. The van der Waals surface area contributed by atoms with Crippen molar-refractivity contribution in [2.75, 3.05) is 0 Å². The van der Waals surface area contributed by atoms with Crippen LogP contribution in [0.5, 0.6) is 0 Å². The molecule has 33 heavy (non-hydrogen) atoms. The Morgan fingerprint density at radius 3 is 2.58 bits per heavy atom. The molecule has 0 unspecified atom stereocenters. The average molecular weight is 494 g/mol. The van der Waals surface area contributed by atoms with E-state index in [1.54, 1.807) is 18.2 Å². The number of nitrogens with one attached hydrogen (secondary N) is 1. The SMILES string of the molecule is CC(C)C[C@H](NC(=O)CCC(=O)c1cc(Cl)ccc1Cl)B1O[C@@H]2C[C@@H]3C[C@@H](C3(C)C)[C@]2(C)O1. The molecule has 0 spiro atoms. The first kappa shape index (κ1) is 25.0. The fourth-order valence-corrected chi connectivity index (χ4v) is 6.56. The van der Waals surface area contributed by atoms with E-state index in [0.29, 0.717) is 33.4 Å². The molecule has 5 atom stereocenters. The molecule has 1 aromatic carbocycles. The molecule has 2 bridgehead atoms. The van der Waals surface area contributed by atoms with Gasteiger partial charge in [-0.15, -0.1) is 0 Å². The van der Waals surface area contributed by atoms with Gasteiger partial charge in [-0.2, -0.15) is 0 Å². The number of benzene rings is 1. The van der Waals surface area contributed by atoms with Crippen molar-refractivity contribution in [3.05, 3.63) is 33.8 Å². The number of halogens is 2. The number of hydrogen-bond donors (Lipinski definition) is 1. The highest BCUT2D eigenvalue weighted by atomic mass is 35.5. The summed E-state index contributed by atoms with van der Waals surface area (Å²) in [4.78, 5) is 25.4. The molecular formula is C25H34BCl2NO4. The molecule has 0 aromatic heterocycles. The summed E-state index contributed by atoms with van der Waals surface area (Å²) >= 11 is 12.1. The van der Waals surface area contributed by atoms with E-state index < -0.39 is 7.12 Å². The second kappa shape index (κ2) is 9.18. The highest BCUT2D eigenvalue weighted by Gasteiger charge is 2.68. The zero-order valence-electron chi connectivity index (χ0n) is 20.1. The molecule has 4 fully saturated rings. The lowest BCUT2D eigenvalue weighted by Crippen LogP contribution is -2.65. The lowest BCUT2D eigenvalue weighted by atomic mass is 9.43. The van der Waals surface area contributed by atoms with Crippen LogP contribution in [0.15, 0.2) is 18.2 Å². The maximum atomic E-state index is 12.8. The van der Waals surface area contributed by atoms with E-state index in [4.69, 9.17) is 32.5 Å². The van der Waals surface area contributed by atoms with Gasteiger partial charge in [0.05, 0.1) is 22.7 Å². The molecule has 3 aliphatic carbocycles. The monoisotopic (exact) mass is 493 g/mol. The first-order chi connectivity index (χ1) is 15.4. The highest BCUT2D eigenvalue weighted by molar-refractivity contribution is 6.47. The van der Waals surface area contributed by atoms with E-state index in [1.165, 1.54) is 6.42 Å². The van der Waals surface area contributed by atoms with E-state index in [2.05, 4.69) is 39.9 Å². The summed E-state index contributed by atoms with van der Waals surface area (Å²) in [6.45, 7) is 11.1. The Morgan fingerprint density at radius 1 is 1.18 bits per heavy atom. The van der Waals surface area contributed by atoms with Gasteiger partial charge in [0.15, 0.2) is 5.78 Å². The number of ketones is 1. The third kappa shape index (κ3) is 4.73. The molecule has 0 radical (unpaired) electrons. The summed E-state index contributed by atoms with van der Waals surface area (Å²) in [5.41, 5.74) is 0.293. The van der Waals surface area contributed by atoms with Gasteiger partial charge in [0.1, 0.15) is 0 Å². The number of rotatable bonds is 8. The van der Waals surface area contributed by atoms with Crippen LogP contribution in [0.4, 0.5) is 0 Å². The van der Waals surface area contributed by atoms with Gasteiger partial charge in [0.2, 0.25) is 5.91 Å². The Bertz CT molecular complexity index is 939. The highest BCUT2D eigenvalue weighted by Crippen LogP contribution is 2.65. The fraction of sp³-hybridized carbons (Fsp3) is 0.680. The van der Waals surface area contributed by atoms with Gasteiger partial charge < -0.3 is 14.6 Å². The Morgan fingerprint density at radius 2 is 1.91 bits per heavy atom. The number of Topliss-reactive ketones (excluding diaryl/α,β-unsaturated/α-hetero) is 1. The molecule has 1 saturated heterocycles. The van der Waals surface area contributed by atoms with E-state index in [1.807, 2.05) is 0 Å². The normalized spacial score (nSPS) is 30.5. The van der Waals surface area contributed by atoms with Crippen molar-refractivity contribution in [1.29, 1.82) is 0 Å². The first-order valence-corrected chi connectivity index (χ1v) is 12.8. The van der Waals surface area contributed by atoms with Crippen molar-refractivity contribution in [3.8, 4) is 0 Å². The third-order valence-corrected chi connectivity index (χ3v) is 8.74. The zero-order valence-corrected chi connectivity index (χ0v) is 21.6. The molecule has 5 nitrogen and oxygen atoms in total. The van der Waals surface area contributed by atoms with Crippen molar-refractivity contribution in [2.45, 2.75) is 84.4 Å². The van der Waals surface area contributed by atoms with Crippen molar-refractivity contribution < 1.29 is 18.9 Å². The van der Waals surface area contributed by atoms with Crippen LogP contribution in [-0.2, 0) is 14.1 Å². The second-order valence-electron chi connectivity index (χ2n) is 11.2. The quantitative estimate of drug-likeness (QED) is 0.369. The zero-order chi connectivity index (χ0) is 24.1. The number of hydrogen-bond acceptors (Lipinski definition) is 4. The van der Waals surface area contributed by atoms with Crippen LogP contribution in [-0.4, -0.2) is 36.5 Å². The van der Waals surface area contributed by atoms with E-state index in [0.717, 1.165) is 12.8 Å². The molecular weight excluding hydrogens is 460 g/mol.